The minimum atomic E-state index is -0.752. The molecule has 3 rings (SSSR count). The maximum Gasteiger partial charge on any atom is 0.407 e. The van der Waals surface area contributed by atoms with Crippen molar-refractivity contribution >= 4 is 23.4 Å². The fraction of sp³-hybridized carbons (Fsp3) is 0.333. The Morgan fingerprint density at radius 1 is 1.14 bits per heavy atom. The molecule has 2 aromatic heterocycles. The molecule has 3 N–H and O–H groups in total. The SMILES string of the molecule is Cc1ncc(Nc2nc(N[C@H](Cc3ccccc3)[C@H](C)NC(=O)OC(C)(C)C)c(F)cc2C#N)cc1F. The molecular formula is C27H30F2N6O2. The van der Waals surface area contributed by atoms with E-state index in [4.69, 9.17) is 4.74 Å². The van der Waals surface area contributed by atoms with Crippen molar-refractivity contribution in [2.45, 2.75) is 58.7 Å². The number of carbonyl (C=O) groups is 1. The summed E-state index contributed by atoms with van der Waals surface area (Å²) in [5, 5.41) is 18.2. The van der Waals surface area contributed by atoms with Gasteiger partial charge in [0.1, 0.15) is 17.5 Å². The van der Waals surface area contributed by atoms with Gasteiger partial charge in [0.15, 0.2) is 17.5 Å². The van der Waals surface area contributed by atoms with Crippen molar-refractivity contribution < 1.29 is 18.3 Å². The first-order chi connectivity index (χ1) is 17.4. The van der Waals surface area contributed by atoms with E-state index >= 15 is 4.39 Å². The summed E-state index contributed by atoms with van der Waals surface area (Å²) in [7, 11) is 0. The Balaban J connectivity index is 1.90. The normalized spacial score (nSPS) is 12.7. The summed E-state index contributed by atoms with van der Waals surface area (Å²) in [4.78, 5) is 20.6. The quantitative estimate of drug-likeness (QED) is 0.362. The van der Waals surface area contributed by atoms with Gasteiger partial charge in [-0.05, 0) is 52.7 Å². The largest absolute Gasteiger partial charge is 0.444 e. The zero-order chi connectivity index (χ0) is 27.2. The van der Waals surface area contributed by atoms with Crippen LogP contribution in [0.15, 0.2) is 48.7 Å². The number of hydrogen-bond donors (Lipinski definition) is 3. The van der Waals surface area contributed by atoms with Crippen molar-refractivity contribution in [3.63, 3.8) is 0 Å². The molecule has 0 aliphatic heterocycles. The zero-order valence-corrected chi connectivity index (χ0v) is 21.4. The number of hydrogen-bond acceptors (Lipinski definition) is 7. The molecule has 8 nitrogen and oxygen atoms in total. The molecule has 0 bridgehead atoms. The van der Waals surface area contributed by atoms with Gasteiger partial charge in [-0.2, -0.15) is 5.26 Å². The molecule has 1 amide bonds. The van der Waals surface area contributed by atoms with Crippen LogP contribution >= 0.6 is 0 Å². The number of ether oxygens (including phenoxy) is 1. The third-order valence-electron chi connectivity index (χ3n) is 5.35. The Kier molecular flexibility index (Phi) is 8.60. The van der Waals surface area contributed by atoms with Crippen molar-refractivity contribution in [3.8, 4) is 6.07 Å². The number of aryl methyl sites for hydroxylation is 1. The molecule has 0 fully saturated rings. The van der Waals surface area contributed by atoms with Crippen LogP contribution in [0, 0.1) is 29.9 Å². The van der Waals surface area contributed by atoms with Crippen LogP contribution in [-0.2, 0) is 11.2 Å². The number of benzene rings is 1. The second-order valence-electron chi connectivity index (χ2n) is 9.62. The van der Waals surface area contributed by atoms with Gasteiger partial charge in [0, 0.05) is 12.1 Å². The van der Waals surface area contributed by atoms with Crippen molar-refractivity contribution in [2.75, 3.05) is 10.6 Å². The smallest absolute Gasteiger partial charge is 0.407 e. The van der Waals surface area contributed by atoms with Crippen LogP contribution in [0.3, 0.4) is 0 Å². The van der Waals surface area contributed by atoms with E-state index in [0.29, 0.717) is 6.42 Å². The maximum absolute atomic E-state index is 15.0. The molecule has 0 saturated heterocycles. The highest BCUT2D eigenvalue weighted by molar-refractivity contribution is 5.68. The molecule has 37 heavy (non-hydrogen) atoms. The lowest BCUT2D eigenvalue weighted by Crippen LogP contribution is -2.47. The van der Waals surface area contributed by atoms with E-state index in [1.165, 1.54) is 19.2 Å². The highest BCUT2D eigenvalue weighted by Gasteiger charge is 2.25. The van der Waals surface area contributed by atoms with E-state index in [2.05, 4.69) is 25.9 Å². The molecule has 0 unspecified atom stereocenters. The minimum absolute atomic E-state index is 0.0302. The lowest BCUT2D eigenvalue weighted by atomic mass is 10.0. The molecule has 0 aliphatic carbocycles. The number of nitrogens with one attached hydrogen (secondary N) is 3. The summed E-state index contributed by atoms with van der Waals surface area (Å²) in [6.07, 6.45) is 1.21. The number of carbonyl (C=O) groups excluding carboxylic acids is 1. The molecular weight excluding hydrogens is 478 g/mol. The van der Waals surface area contributed by atoms with Gasteiger partial charge in [-0.15, -0.1) is 0 Å². The average molecular weight is 509 g/mol. The summed E-state index contributed by atoms with van der Waals surface area (Å²) in [6, 6.07) is 12.6. The van der Waals surface area contributed by atoms with E-state index in [-0.39, 0.29) is 28.6 Å². The number of pyridine rings is 2. The van der Waals surface area contributed by atoms with Crippen LogP contribution in [0.25, 0.3) is 0 Å². The van der Waals surface area contributed by atoms with Gasteiger partial charge in [0.25, 0.3) is 0 Å². The highest BCUT2D eigenvalue weighted by Crippen LogP contribution is 2.25. The number of nitrogens with zero attached hydrogens (tertiary/aromatic N) is 3. The molecule has 0 spiro atoms. The number of nitriles is 1. The van der Waals surface area contributed by atoms with Crippen LogP contribution in [0.1, 0.15) is 44.5 Å². The summed E-state index contributed by atoms with van der Waals surface area (Å²) in [6.45, 7) is 8.58. The summed E-state index contributed by atoms with van der Waals surface area (Å²) >= 11 is 0. The number of anilines is 3. The average Bonchev–Trinajstić information content (AvgIpc) is 2.82. The van der Waals surface area contributed by atoms with Gasteiger partial charge in [-0.1, -0.05) is 30.3 Å². The topological polar surface area (TPSA) is 112 Å². The third-order valence-corrected chi connectivity index (χ3v) is 5.35. The van der Waals surface area contributed by atoms with Gasteiger partial charge >= 0.3 is 6.09 Å². The van der Waals surface area contributed by atoms with Crippen molar-refractivity contribution in [1.29, 1.82) is 5.26 Å². The molecule has 0 saturated carbocycles. The van der Waals surface area contributed by atoms with E-state index in [9.17, 15) is 14.4 Å². The number of halogens is 2. The number of aromatic nitrogens is 2. The van der Waals surface area contributed by atoms with E-state index in [1.54, 1.807) is 27.7 Å². The summed E-state index contributed by atoms with van der Waals surface area (Å²) in [5.41, 5.74) is 0.675. The van der Waals surface area contributed by atoms with Crippen LogP contribution in [-0.4, -0.2) is 33.7 Å². The fourth-order valence-electron chi connectivity index (χ4n) is 3.47. The Labute approximate surface area is 215 Å². The Bertz CT molecular complexity index is 1290. The van der Waals surface area contributed by atoms with Gasteiger partial charge in [0.05, 0.1) is 29.2 Å². The van der Waals surface area contributed by atoms with E-state index in [1.807, 2.05) is 36.4 Å². The number of alkyl carbamates (subject to hydrolysis) is 1. The van der Waals surface area contributed by atoms with Gasteiger partial charge < -0.3 is 20.7 Å². The predicted molar refractivity (Wildman–Crippen MR) is 138 cm³/mol. The first-order valence-corrected chi connectivity index (χ1v) is 11.7. The first-order valence-electron chi connectivity index (χ1n) is 11.7. The molecule has 0 aliphatic rings. The van der Waals surface area contributed by atoms with Crippen molar-refractivity contribution in [2.24, 2.45) is 0 Å². The Morgan fingerprint density at radius 2 is 1.84 bits per heavy atom. The van der Waals surface area contributed by atoms with E-state index in [0.717, 1.165) is 11.6 Å². The lowest BCUT2D eigenvalue weighted by molar-refractivity contribution is 0.0503. The molecule has 0 radical (unpaired) electrons. The van der Waals surface area contributed by atoms with Crippen LogP contribution < -0.4 is 16.0 Å². The highest BCUT2D eigenvalue weighted by atomic mass is 19.1. The van der Waals surface area contributed by atoms with Gasteiger partial charge in [-0.25, -0.2) is 18.6 Å². The van der Waals surface area contributed by atoms with Crippen molar-refractivity contribution in [3.05, 3.63) is 77.1 Å². The lowest BCUT2D eigenvalue weighted by Gasteiger charge is -2.28. The van der Waals surface area contributed by atoms with E-state index < -0.39 is 35.4 Å². The monoisotopic (exact) mass is 508 g/mol. The van der Waals surface area contributed by atoms with Crippen molar-refractivity contribution in [1.82, 2.24) is 15.3 Å². The Hall–Kier alpha value is -4.26. The van der Waals surface area contributed by atoms with Crippen LogP contribution in [0.5, 0.6) is 0 Å². The molecule has 194 valence electrons. The second-order valence-corrected chi connectivity index (χ2v) is 9.62. The zero-order valence-electron chi connectivity index (χ0n) is 21.4. The van der Waals surface area contributed by atoms with Gasteiger partial charge in [0.2, 0.25) is 0 Å². The van der Waals surface area contributed by atoms with Crippen LogP contribution in [0.4, 0.5) is 30.9 Å². The molecule has 2 atom stereocenters. The van der Waals surface area contributed by atoms with Gasteiger partial charge in [-0.3, -0.25) is 4.98 Å². The minimum Gasteiger partial charge on any atom is -0.444 e. The Morgan fingerprint density at radius 3 is 2.46 bits per heavy atom. The summed E-state index contributed by atoms with van der Waals surface area (Å²) < 4.78 is 34.4. The standard InChI is InChI=1S/C27H30F2N6O2/c1-16-21(28)13-20(15-31-16)33-24-19(14-30)12-22(29)25(35-24)34-23(11-18-9-7-6-8-10-18)17(2)32-26(36)37-27(3,4)5/h6-10,12-13,15,17,23H,11H2,1-5H3,(H,32,36)(H2,33,34,35)/t17-,23+/m0/s1. The molecule has 3 aromatic rings. The second kappa shape index (κ2) is 11.6. The summed E-state index contributed by atoms with van der Waals surface area (Å²) in [5.74, 6) is -1.39. The molecule has 10 heteroatoms. The molecule has 2 heterocycles. The molecule has 1 aromatic carbocycles. The number of amides is 1. The fourth-order valence-corrected chi connectivity index (χ4v) is 3.47. The number of rotatable bonds is 8. The maximum atomic E-state index is 15.0. The third kappa shape index (κ3) is 7.87. The van der Waals surface area contributed by atoms with Crippen LogP contribution in [0.2, 0.25) is 0 Å². The predicted octanol–water partition coefficient (Wildman–Crippen LogP) is 5.61. The first kappa shape index (κ1) is 27.3.